The molecule has 0 spiro atoms. The maximum absolute atomic E-state index is 2.71. The third kappa shape index (κ3) is 4.31. The summed E-state index contributed by atoms with van der Waals surface area (Å²) in [4.78, 5) is 5.29. The number of aryl methyl sites for hydroxylation is 2. The second kappa shape index (κ2) is 10.1. The Balaban J connectivity index is 1.35. The summed E-state index contributed by atoms with van der Waals surface area (Å²) in [5.41, 5.74) is 21.5. The van der Waals surface area contributed by atoms with E-state index in [1.165, 1.54) is 100 Å². The van der Waals surface area contributed by atoms with Crippen LogP contribution in [0.1, 0.15) is 87.8 Å². The molecule has 0 saturated heterocycles. The normalized spacial score (nSPS) is 16.1. The first-order valence-electron chi connectivity index (χ1n) is 17.8. The molecule has 0 amide bonds. The summed E-state index contributed by atoms with van der Waals surface area (Å²) in [6, 6.07) is 35.5. The molecule has 5 aromatic rings. The number of anilines is 6. The quantitative estimate of drug-likeness (QED) is 0.180. The number of fused-ring (bicyclic) bond motifs is 6. The van der Waals surface area contributed by atoms with Gasteiger partial charge in [0.1, 0.15) is 0 Å². The van der Waals surface area contributed by atoms with Crippen LogP contribution in [0.25, 0.3) is 0 Å². The standard InChI is InChI=1S/C44H45BN2/c1-43(2,3)30-25-31(44(4,5)6)27-32(26-30)46-37-20-9-7-18-35(37)45-36-19-8-10-21-38(36)47(40-23-13-22-39(46)41(40)45)42-33-16-11-14-28(33)24-29-15-12-17-34(29)42/h7-10,13,18-27H,11-12,14-17H2,1-6H3. The Hall–Kier alpha value is -4.24. The highest BCUT2D eigenvalue weighted by Gasteiger charge is 2.44. The van der Waals surface area contributed by atoms with Crippen molar-refractivity contribution in [1.29, 1.82) is 0 Å². The van der Waals surface area contributed by atoms with Gasteiger partial charge in [-0.15, -0.1) is 0 Å². The minimum Gasteiger partial charge on any atom is -0.311 e. The maximum atomic E-state index is 2.71. The van der Waals surface area contributed by atoms with Crippen LogP contribution in [0.5, 0.6) is 0 Å². The molecule has 2 aliphatic carbocycles. The van der Waals surface area contributed by atoms with Crippen LogP contribution in [0.3, 0.4) is 0 Å². The molecule has 2 aliphatic heterocycles. The molecular formula is C44H45BN2. The topological polar surface area (TPSA) is 6.48 Å². The molecule has 0 unspecified atom stereocenters. The largest absolute Gasteiger partial charge is 0.311 e. The van der Waals surface area contributed by atoms with Crippen LogP contribution in [0.2, 0.25) is 0 Å². The lowest BCUT2D eigenvalue weighted by atomic mass is 9.33. The molecule has 0 aromatic heterocycles. The second-order valence-corrected chi connectivity index (χ2v) is 16.4. The Kier molecular flexibility index (Phi) is 6.24. The monoisotopic (exact) mass is 612 g/mol. The van der Waals surface area contributed by atoms with Gasteiger partial charge < -0.3 is 9.80 Å². The Morgan fingerprint density at radius 1 is 0.511 bits per heavy atom. The summed E-state index contributed by atoms with van der Waals surface area (Å²) in [6.45, 7) is 14.2. The van der Waals surface area contributed by atoms with Crippen LogP contribution in [0, 0.1) is 0 Å². The van der Waals surface area contributed by atoms with Gasteiger partial charge in [0.25, 0.3) is 6.71 Å². The predicted octanol–water partition coefficient (Wildman–Crippen LogP) is 9.34. The fourth-order valence-electron chi connectivity index (χ4n) is 9.02. The lowest BCUT2D eigenvalue weighted by molar-refractivity contribution is 0.569. The van der Waals surface area contributed by atoms with Crippen molar-refractivity contribution in [2.45, 2.75) is 90.9 Å². The summed E-state index contributed by atoms with van der Waals surface area (Å²) in [5.74, 6) is 0. The van der Waals surface area contributed by atoms with Crippen molar-refractivity contribution < 1.29 is 0 Å². The first kappa shape index (κ1) is 28.9. The molecule has 5 aromatic carbocycles. The number of hydrogen-bond donors (Lipinski definition) is 0. The first-order chi connectivity index (χ1) is 22.6. The fraction of sp³-hybridized carbons (Fsp3) is 0.318. The van der Waals surface area contributed by atoms with Crippen LogP contribution in [0.15, 0.2) is 91.0 Å². The maximum Gasteiger partial charge on any atom is 0.252 e. The van der Waals surface area contributed by atoms with E-state index in [9.17, 15) is 0 Å². The summed E-state index contributed by atoms with van der Waals surface area (Å²) < 4.78 is 0. The molecule has 0 atom stereocenters. The van der Waals surface area contributed by atoms with Crippen LogP contribution in [0.4, 0.5) is 34.1 Å². The zero-order chi connectivity index (χ0) is 32.2. The Bertz CT molecular complexity index is 2030. The van der Waals surface area contributed by atoms with E-state index >= 15 is 0 Å². The van der Waals surface area contributed by atoms with Crippen LogP contribution in [-0.2, 0) is 36.5 Å². The molecule has 0 fully saturated rings. The Morgan fingerprint density at radius 3 is 1.55 bits per heavy atom. The molecule has 234 valence electrons. The van der Waals surface area contributed by atoms with Gasteiger partial charge in [0.15, 0.2) is 0 Å². The van der Waals surface area contributed by atoms with E-state index in [1.807, 2.05) is 0 Å². The molecule has 0 radical (unpaired) electrons. The van der Waals surface area contributed by atoms with Gasteiger partial charge in [-0.25, -0.2) is 0 Å². The van der Waals surface area contributed by atoms with Gasteiger partial charge in [-0.3, -0.25) is 0 Å². The van der Waals surface area contributed by atoms with Gasteiger partial charge >= 0.3 is 0 Å². The van der Waals surface area contributed by atoms with Gasteiger partial charge in [0, 0.05) is 28.4 Å². The minimum atomic E-state index is 0.0355. The molecule has 2 heterocycles. The minimum absolute atomic E-state index is 0.0355. The van der Waals surface area contributed by atoms with Gasteiger partial charge in [0.05, 0.1) is 5.69 Å². The van der Waals surface area contributed by atoms with Crippen LogP contribution >= 0.6 is 0 Å². The molecule has 3 heteroatoms. The van der Waals surface area contributed by atoms with Crippen molar-refractivity contribution in [3.8, 4) is 0 Å². The lowest BCUT2D eigenvalue weighted by Crippen LogP contribution is -2.61. The van der Waals surface area contributed by atoms with Crippen molar-refractivity contribution in [3.63, 3.8) is 0 Å². The van der Waals surface area contributed by atoms with E-state index < -0.39 is 0 Å². The van der Waals surface area contributed by atoms with E-state index in [1.54, 1.807) is 22.3 Å². The highest BCUT2D eigenvalue weighted by Crippen LogP contribution is 2.49. The van der Waals surface area contributed by atoms with Crippen LogP contribution < -0.4 is 26.2 Å². The van der Waals surface area contributed by atoms with E-state index in [0.29, 0.717) is 0 Å². The summed E-state index contributed by atoms with van der Waals surface area (Å²) in [6.07, 6.45) is 7.30. The summed E-state index contributed by atoms with van der Waals surface area (Å²) in [5, 5.41) is 0. The first-order valence-corrected chi connectivity index (χ1v) is 17.8. The lowest BCUT2D eigenvalue weighted by Gasteiger charge is -2.45. The summed E-state index contributed by atoms with van der Waals surface area (Å²) in [7, 11) is 0. The Morgan fingerprint density at radius 2 is 1.00 bits per heavy atom. The van der Waals surface area contributed by atoms with Crippen molar-refractivity contribution in [1.82, 2.24) is 0 Å². The van der Waals surface area contributed by atoms with E-state index in [0.717, 1.165) is 0 Å². The van der Waals surface area contributed by atoms with Crippen molar-refractivity contribution in [3.05, 3.63) is 124 Å². The Labute approximate surface area is 281 Å². The molecular weight excluding hydrogens is 567 g/mol. The average molecular weight is 613 g/mol. The number of hydrogen-bond acceptors (Lipinski definition) is 2. The molecule has 47 heavy (non-hydrogen) atoms. The fourth-order valence-corrected chi connectivity index (χ4v) is 9.02. The molecule has 2 nitrogen and oxygen atoms in total. The van der Waals surface area contributed by atoms with E-state index in [-0.39, 0.29) is 17.5 Å². The zero-order valence-corrected chi connectivity index (χ0v) is 28.9. The molecule has 4 aliphatic rings. The highest BCUT2D eigenvalue weighted by atomic mass is 15.2. The van der Waals surface area contributed by atoms with Crippen molar-refractivity contribution in [2.24, 2.45) is 0 Å². The predicted molar refractivity (Wildman–Crippen MR) is 202 cm³/mol. The highest BCUT2D eigenvalue weighted by molar-refractivity contribution is 7.00. The van der Waals surface area contributed by atoms with Crippen molar-refractivity contribution >= 4 is 57.2 Å². The zero-order valence-electron chi connectivity index (χ0n) is 28.9. The third-order valence-corrected chi connectivity index (χ3v) is 11.4. The van der Waals surface area contributed by atoms with Crippen LogP contribution in [-0.4, -0.2) is 6.71 Å². The average Bonchev–Trinajstić information content (AvgIpc) is 3.72. The van der Waals surface area contributed by atoms with Crippen molar-refractivity contribution in [2.75, 3.05) is 9.80 Å². The van der Waals surface area contributed by atoms with Gasteiger partial charge in [-0.05, 0) is 136 Å². The number of benzene rings is 5. The molecule has 9 rings (SSSR count). The van der Waals surface area contributed by atoms with E-state index in [4.69, 9.17) is 0 Å². The molecule has 0 bridgehead atoms. The van der Waals surface area contributed by atoms with Gasteiger partial charge in [0.2, 0.25) is 0 Å². The molecule has 0 saturated carbocycles. The third-order valence-electron chi connectivity index (χ3n) is 11.4. The smallest absolute Gasteiger partial charge is 0.252 e. The number of para-hydroxylation sites is 2. The van der Waals surface area contributed by atoms with Gasteiger partial charge in [-0.2, -0.15) is 0 Å². The summed E-state index contributed by atoms with van der Waals surface area (Å²) >= 11 is 0. The number of rotatable bonds is 2. The SMILES string of the molecule is CC(C)(C)c1cc(N2c3ccccc3B3c4ccccc4N(c4c5c(cc6c4CCC6)CCC5)c4cccc2c43)cc(C(C)(C)C)c1. The van der Waals surface area contributed by atoms with Gasteiger partial charge in [-0.1, -0.05) is 96.1 Å². The second-order valence-electron chi connectivity index (χ2n) is 16.4. The molecule has 0 N–H and O–H groups in total. The number of nitrogens with zero attached hydrogens (tertiary/aromatic N) is 2. The van der Waals surface area contributed by atoms with E-state index in [2.05, 4.69) is 142 Å².